The Morgan fingerprint density at radius 3 is 2.33 bits per heavy atom. The van der Waals surface area contributed by atoms with Crippen LogP contribution in [0.4, 0.5) is 4.39 Å². The highest BCUT2D eigenvalue weighted by molar-refractivity contribution is 5.99. The lowest BCUT2D eigenvalue weighted by Crippen LogP contribution is -2.65. The fourth-order valence-corrected chi connectivity index (χ4v) is 8.30. The molecule has 1 saturated carbocycles. The molecule has 1 aromatic rings. The summed E-state index contributed by atoms with van der Waals surface area (Å²) in [5.41, 5.74) is -0.824. The molecule has 3 saturated heterocycles. The van der Waals surface area contributed by atoms with Gasteiger partial charge in [-0.15, -0.1) is 0 Å². The molecule has 0 radical (unpaired) electrons. The molecule has 15 heteroatoms. The number of hydrogen-bond donors (Lipinski definition) is 3. The van der Waals surface area contributed by atoms with E-state index >= 15 is 0 Å². The minimum atomic E-state index is -1.51. The number of carbonyl (C=O) groups excluding carboxylic acids is 7. The summed E-state index contributed by atoms with van der Waals surface area (Å²) in [6.45, 7) is 5.45. The first-order valence-electron chi connectivity index (χ1n) is 19.7. The number of benzene rings is 1. The molecular weight excluding hydrogens is 711 g/mol. The van der Waals surface area contributed by atoms with Gasteiger partial charge in [0.25, 0.3) is 0 Å². The number of rotatable bonds is 9. The molecular formula is C40H55FN6O8. The van der Waals surface area contributed by atoms with Crippen molar-refractivity contribution in [2.24, 2.45) is 0 Å². The molecule has 1 spiro atoms. The average Bonchev–Trinajstić information content (AvgIpc) is 3.96. The van der Waals surface area contributed by atoms with Crippen molar-refractivity contribution in [1.82, 2.24) is 30.7 Å². The number of halogens is 1. The summed E-state index contributed by atoms with van der Waals surface area (Å²) in [6.07, 6.45) is 7.78. The monoisotopic (exact) mass is 766 g/mol. The molecule has 3 N–H and O–H groups in total. The van der Waals surface area contributed by atoms with Crippen LogP contribution in [0.5, 0.6) is 0 Å². The SMILES string of the molecule is CCCCC=CC(=O)N[C@@H](Cc1cccc(F)c1)C(=O)N[C@@H]1C(=O)N2CCC[C@H]2C(=O)N(C)C2(CCCC2)C(=O)N[C@@H](C)C(=O)N2CCC[C@H]2C(=O)O[C@H]1C. The molecule has 5 rings (SSSR count). The lowest BCUT2D eigenvalue weighted by Gasteiger charge is -2.41. The lowest BCUT2D eigenvalue weighted by atomic mass is 9.92. The predicted molar refractivity (Wildman–Crippen MR) is 199 cm³/mol. The molecule has 300 valence electrons. The first kappa shape index (κ1) is 41.3. The number of carbonyl (C=O) groups is 7. The van der Waals surface area contributed by atoms with Gasteiger partial charge in [-0.1, -0.05) is 50.8 Å². The van der Waals surface area contributed by atoms with Gasteiger partial charge in [-0.2, -0.15) is 0 Å². The van der Waals surface area contributed by atoms with Crippen LogP contribution in [0, 0.1) is 5.82 Å². The number of esters is 1. The molecule has 1 aromatic carbocycles. The molecule has 6 atom stereocenters. The number of cyclic esters (lactones) is 1. The minimum Gasteiger partial charge on any atom is -0.458 e. The van der Waals surface area contributed by atoms with Crippen LogP contribution in [0.15, 0.2) is 36.4 Å². The summed E-state index contributed by atoms with van der Waals surface area (Å²) in [5, 5.41) is 8.23. The molecule has 14 nitrogen and oxygen atoms in total. The zero-order chi connectivity index (χ0) is 39.9. The average molecular weight is 767 g/mol. The van der Waals surface area contributed by atoms with E-state index in [1.807, 2.05) is 6.92 Å². The molecule has 4 fully saturated rings. The van der Waals surface area contributed by atoms with Crippen LogP contribution in [0.3, 0.4) is 0 Å². The molecule has 3 aliphatic heterocycles. The number of unbranched alkanes of at least 4 members (excludes halogenated alkanes) is 2. The van der Waals surface area contributed by atoms with E-state index in [1.165, 1.54) is 45.9 Å². The van der Waals surface area contributed by atoms with Crippen molar-refractivity contribution in [3.8, 4) is 0 Å². The third kappa shape index (κ3) is 9.35. The fourth-order valence-electron chi connectivity index (χ4n) is 8.30. The number of amides is 6. The van der Waals surface area contributed by atoms with Crippen molar-refractivity contribution in [2.75, 3.05) is 20.1 Å². The molecule has 0 bridgehead atoms. The van der Waals surface area contributed by atoms with Gasteiger partial charge in [0.15, 0.2) is 0 Å². The van der Waals surface area contributed by atoms with E-state index in [0.29, 0.717) is 63.4 Å². The van der Waals surface area contributed by atoms with Gasteiger partial charge in [0.2, 0.25) is 35.4 Å². The van der Waals surface area contributed by atoms with Crippen LogP contribution in [-0.4, -0.2) is 118 Å². The van der Waals surface area contributed by atoms with Crippen LogP contribution in [0.1, 0.15) is 97.0 Å². The molecule has 1 aliphatic carbocycles. The van der Waals surface area contributed by atoms with Gasteiger partial charge in [-0.25, -0.2) is 9.18 Å². The van der Waals surface area contributed by atoms with Gasteiger partial charge in [-0.3, -0.25) is 28.8 Å². The topological polar surface area (TPSA) is 175 Å². The summed E-state index contributed by atoms with van der Waals surface area (Å²) >= 11 is 0. The molecule has 4 aliphatic rings. The normalized spacial score (nSPS) is 26.9. The first-order chi connectivity index (χ1) is 26.3. The van der Waals surface area contributed by atoms with Crippen LogP contribution in [0.25, 0.3) is 0 Å². The Hall–Kier alpha value is -4.82. The summed E-state index contributed by atoms with van der Waals surface area (Å²) in [6, 6.07) is -0.138. The van der Waals surface area contributed by atoms with Crippen molar-refractivity contribution in [3.63, 3.8) is 0 Å². The Morgan fingerprint density at radius 2 is 1.65 bits per heavy atom. The molecule has 0 aromatic heterocycles. The highest BCUT2D eigenvalue weighted by Gasteiger charge is 2.51. The maximum atomic E-state index is 14.6. The zero-order valence-corrected chi connectivity index (χ0v) is 32.3. The number of allylic oxidation sites excluding steroid dienone is 1. The third-order valence-electron chi connectivity index (χ3n) is 11.5. The quantitative estimate of drug-likeness (QED) is 0.195. The van der Waals surface area contributed by atoms with Crippen molar-refractivity contribution in [2.45, 2.75) is 140 Å². The summed E-state index contributed by atoms with van der Waals surface area (Å²) in [4.78, 5) is 102. The summed E-state index contributed by atoms with van der Waals surface area (Å²) in [7, 11) is 1.56. The highest BCUT2D eigenvalue weighted by atomic mass is 19.1. The van der Waals surface area contributed by atoms with Crippen molar-refractivity contribution in [1.29, 1.82) is 0 Å². The van der Waals surface area contributed by atoms with Gasteiger partial charge < -0.3 is 35.4 Å². The van der Waals surface area contributed by atoms with Gasteiger partial charge in [-0.05, 0) is 82.6 Å². The second-order valence-corrected chi connectivity index (χ2v) is 15.3. The van der Waals surface area contributed by atoms with Gasteiger partial charge >= 0.3 is 5.97 Å². The fraction of sp³-hybridized carbons (Fsp3) is 0.625. The van der Waals surface area contributed by atoms with E-state index in [2.05, 4.69) is 16.0 Å². The number of nitrogens with zero attached hydrogens (tertiary/aromatic N) is 3. The smallest absolute Gasteiger partial charge is 0.329 e. The van der Waals surface area contributed by atoms with E-state index in [-0.39, 0.29) is 19.5 Å². The second kappa shape index (κ2) is 18.2. The molecule has 55 heavy (non-hydrogen) atoms. The van der Waals surface area contributed by atoms with Crippen molar-refractivity contribution < 1.29 is 42.7 Å². The molecule has 6 amide bonds. The molecule has 0 unspecified atom stereocenters. The van der Waals surface area contributed by atoms with Crippen molar-refractivity contribution in [3.05, 3.63) is 47.8 Å². The van der Waals surface area contributed by atoms with Crippen LogP contribution in [-0.2, 0) is 44.7 Å². The Morgan fingerprint density at radius 1 is 0.982 bits per heavy atom. The standard InChI is InChI=1S/C40H55FN6O8/c1-5-6-7-8-18-32(48)43-29(24-27-14-11-15-28(41)23-27)34(49)44-33-26(3)55-38(53)31-17-13-22-47(31)35(50)25(2)42-39(54)40(19-9-10-20-40)45(4)36(51)30-16-12-21-46(30)37(33)52/h8,11,14-15,18,23,25-26,29-31,33H,5-7,9-10,12-13,16-17,19-22,24H2,1-4H3,(H,42,54)(H,43,48)(H,44,49)/t25-,26-,29-,30-,31-,33-/m0/s1. The minimum absolute atomic E-state index is 0.121. The third-order valence-corrected chi connectivity index (χ3v) is 11.5. The lowest BCUT2D eigenvalue weighted by molar-refractivity contribution is -0.163. The largest absolute Gasteiger partial charge is 0.458 e. The van der Waals surface area contributed by atoms with Gasteiger partial charge in [0.1, 0.15) is 47.7 Å². The van der Waals surface area contributed by atoms with Crippen molar-refractivity contribution >= 4 is 41.4 Å². The Kier molecular flexibility index (Phi) is 13.7. The number of fused-ring (bicyclic) bond motifs is 2. The number of ether oxygens (including phenoxy) is 1. The molecule has 3 heterocycles. The highest BCUT2D eigenvalue weighted by Crippen LogP contribution is 2.37. The van der Waals surface area contributed by atoms with Crippen LogP contribution < -0.4 is 16.0 Å². The van der Waals surface area contributed by atoms with Gasteiger partial charge in [0.05, 0.1) is 0 Å². The number of likely N-dealkylation sites (N-methyl/N-ethyl adjacent to an activating group) is 1. The van der Waals surface area contributed by atoms with E-state index < -0.39 is 89.1 Å². The maximum absolute atomic E-state index is 14.6. The summed E-state index contributed by atoms with van der Waals surface area (Å²) < 4.78 is 20.1. The predicted octanol–water partition coefficient (Wildman–Crippen LogP) is 2.29. The second-order valence-electron chi connectivity index (χ2n) is 15.3. The van der Waals surface area contributed by atoms with Crippen LogP contribution in [0.2, 0.25) is 0 Å². The van der Waals surface area contributed by atoms with E-state index in [1.54, 1.807) is 26.1 Å². The van der Waals surface area contributed by atoms with E-state index in [0.717, 1.165) is 12.8 Å². The van der Waals surface area contributed by atoms with Gasteiger partial charge in [0, 0.05) is 26.6 Å². The van der Waals surface area contributed by atoms with E-state index in [4.69, 9.17) is 4.74 Å². The number of hydrogen-bond acceptors (Lipinski definition) is 8. The first-order valence-corrected chi connectivity index (χ1v) is 19.7. The van der Waals surface area contributed by atoms with E-state index in [9.17, 15) is 38.0 Å². The summed E-state index contributed by atoms with van der Waals surface area (Å²) in [5.74, 6) is -4.73. The zero-order valence-electron chi connectivity index (χ0n) is 32.3. The maximum Gasteiger partial charge on any atom is 0.329 e. The number of nitrogens with one attached hydrogen (secondary N) is 3. The Labute approximate surface area is 321 Å². The Balaban J connectivity index is 1.50. The Bertz CT molecular complexity index is 1660. The van der Waals surface area contributed by atoms with Crippen LogP contribution >= 0.6 is 0 Å².